The maximum atomic E-state index is 13.3. The van der Waals surface area contributed by atoms with Gasteiger partial charge in [-0.15, -0.1) is 0 Å². The maximum Gasteiger partial charge on any atom is 0.182 e. The lowest BCUT2D eigenvalue weighted by molar-refractivity contribution is 0.0999. The van der Waals surface area contributed by atoms with Crippen molar-refractivity contribution in [3.8, 4) is 0 Å². The molecule has 0 atom stereocenters. The molecule has 0 unspecified atom stereocenters. The molecular formula is C22H28FN3O. The average molecular weight is 369 g/mol. The third-order valence-corrected chi connectivity index (χ3v) is 4.69. The first-order valence-electron chi connectivity index (χ1n) is 9.09. The minimum Gasteiger partial charge on any atom is -0.367 e. The molecule has 0 aliphatic rings. The number of aryl methyl sites for hydroxylation is 3. The topological polar surface area (TPSA) is 35.9 Å². The van der Waals surface area contributed by atoms with Crippen LogP contribution in [0.25, 0.3) is 0 Å². The van der Waals surface area contributed by atoms with Crippen LogP contribution in [0.4, 0.5) is 15.8 Å². The van der Waals surface area contributed by atoms with Crippen LogP contribution in [-0.4, -0.2) is 44.2 Å². The summed E-state index contributed by atoms with van der Waals surface area (Å²) < 4.78 is 13.3. The Morgan fingerprint density at radius 3 is 2.41 bits per heavy atom. The molecular weight excluding hydrogens is 341 g/mol. The summed E-state index contributed by atoms with van der Waals surface area (Å²) in [5.74, 6) is -0.240. The molecule has 4 nitrogen and oxygen atoms in total. The Morgan fingerprint density at radius 2 is 1.78 bits per heavy atom. The molecule has 0 heterocycles. The van der Waals surface area contributed by atoms with E-state index in [2.05, 4.69) is 11.9 Å². The van der Waals surface area contributed by atoms with Crippen molar-refractivity contribution >= 4 is 23.5 Å². The van der Waals surface area contributed by atoms with E-state index in [9.17, 15) is 9.18 Å². The van der Waals surface area contributed by atoms with Crippen LogP contribution in [0.2, 0.25) is 0 Å². The smallest absolute Gasteiger partial charge is 0.182 e. The van der Waals surface area contributed by atoms with Gasteiger partial charge in [0, 0.05) is 31.9 Å². The molecule has 2 aromatic rings. The molecule has 0 aliphatic carbocycles. The van der Waals surface area contributed by atoms with E-state index >= 15 is 0 Å². The maximum absolute atomic E-state index is 13.3. The molecule has 0 N–H and O–H groups in total. The highest BCUT2D eigenvalue weighted by molar-refractivity contribution is 6.01. The Hall–Kier alpha value is -2.69. The van der Waals surface area contributed by atoms with Crippen LogP contribution >= 0.6 is 0 Å². The number of benzene rings is 2. The van der Waals surface area contributed by atoms with Gasteiger partial charge in [-0.25, -0.2) is 9.38 Å². The molecule has 0 aromatic heterocycles. The third-order valence-electron chi connectivity index (χ3n) is 4.69. The second-order valence-electron chi connectivity index (χ2n) is 6.98. The number of ketones is 1. The minimum atomic E-state index is -0.271. The Kier molecular flexibility index (Phi) is 6.72. The van der Waals surface area contributed by atoms with Gasteiger partial charge in [0.25, 0.3) is 0 Å². The molecule has 0 bridgehead atoms. The Balaban J connectivity index is 2.21. The Labute approximate surface area is 161 Å². The summed E-state index contributed by atoms with van der Waals surface area (Å²) >= 11 is 0. The van der Waals surface area contributed by atoms with Gasteiger partial charge in [0.15, 0.2) is 5.78 Å². The number of halogens is 1. The first kappa shape index (κ1) is 20.6. The number of carbonyl (C=O) groups excluding carboxylic acids is 1. The predicted octanol–water partition coefficient (Wildman–Crippen LogP) is 4.68. The van der Waals surface area contributed by atoms with E-state index in [0.29, 0.717) is 5.56 Å². The van der Waals surface area contributed by atoms with Crippen molar-refractivity contribution in [3.63, 3.8) is 0 Å². The molecule has 5 heteroatoms. The lowest BCUT2D eigenvalue weighted by atomic mass is 10.00. The highest BCUT2D eigenvalue weighted by Gasteiger charge is 2.15. The number of hydrogen-bond donors (Lipinski definition) is 0. The summed E-state index contributed by atoms with van der Waals surface area (Å²) in [6, 6.07) is 8.45. The van der Waals surface area contributed by atoms with Crippen LogP contribution in [-0.2, 0) is 0 Å². The van der Waals surface area contributed by atoms with Gasteiger partial charge in [-0.1, -0.05) is 0 Å². The van der Waals surface area contributed by atoms with Gasteiger partial charge in [-0.05, 0) is 74.7 Å². The largest absolute Gasteiger partial charge is 0.367 e. The molecule has 0 radical (unpaired) electrons. The SMILES string of the molecule is CCN(C)/C=N/c1cc(C)c(C(=O)CN(C)c2ccc(F)cc2C)cc1C. The molecule has 0 saturated carbocycles. The van der Waals surface area contributed by atoms with Crippen LogP contribution in [0, 0.1) is 26.6 Å². The Bertz CT molecular complexity index is 861. The van der Waals surface area contributed by atoms with E-state index < -0.39 is 0 Å². The fourth-order valence-corrected chi connectivity index (χ4v) is 2.92. The van der Waals surface area contributed by atoms with Crippen LogP contribution < -0.4 is 4.90 Å². The molecule has 2 rings (SSSR count). The molecule has 144 valence electrons. The van der Waals surface area contributed by atoms with Gasteiger partial charge in [-0.2, -0.15) is 0 Å². The summed E-state index contributed by atoms with van der Waals surface area (Å²) in [5, 5.41) is 0. The molecule has 0 spiro atoms. The summed E-state index contributed by atoms with van der Waals surface area (Å²) in [6.45, 7) is 8.91. The van der Waals surface area contributed by atoms with Crippen LogP contribution in [0.15, 0.2) is 35.3 Å². The van der Waals surface area contributed by atoms with Crippen LogP contribution in [0.1, 0.15) is 34.0 Å². The molecule has 0 saturated heterocycles. The van der Waals surface area contributed by atoms with Crippen molar-refractivity contribution in [3.05, 3.63) is 58.4 Å². The zero-order chi connectivity index (χ0) is 20.1. The van der Waals surface area contributed by atoms with Gasteiger partial charge < -0.3 is 9.80 Å². The average Bonchev–Trinajstić information content (AvgIpc) is 2.61. The second-order valence-corrected chi connectivity index (χ2v) is 6.98. The fraction of sp³-hybridized carbons (Fsp3) is 0.364. The van der Waals surface area contributed by atoms with E-state index in [1.54, 1.807) is 12.4 Å². The standard InChI is InChI=1S/C22H28FN3O/c1-7-25(5)14-24-20-12-15(2)19(11-16(20)3)22(27)13-26(6)21-9-8-18(23)10-17(21)4/h8-12,14H,7,13H2,1-6H3/b24-14+. The van der Waals surface area contributed by atoms with E-state index in [4.69, 9.17) is 0 Å². The zero-order valence-electron chi connectivity index (χ0n) is 17.0. The normalized spacial score (nSPS) is 11.1. The van der Waals surface area contributed by atoms with Crippen molar-refractivity contribution in [2.45, 2.75) is 27.7 Å². The quantitative estimate of drug-likeness (QED) is 0.404. The molecule has 0 amide bonds. The molecule has 27 heavy (non-hydrogen) atoms. The minimum absolute atomic E-state index is 0.0306. The molecule has 2 aromatic carbocycles. The zero-order valence-corrected chi connectivity index (χ0v) is 17.0. The second kappa shape index (κ2) is 8.80. The monoisotopic (exact) mass is 369 g/mol. The number of Topliss-reactive ketones (excluding diaryl/α,β-unsaturated/α-hetero) is 1. The van der Waals surface area contributed by atoms with E-state index in [1.807, 2.05) is 56.8 Å². The Morgan fingerprint density at radius 1 is 1.07 bits per heavy atom. The van der Waals surface area contributed by atoms with Gasteiger partial charge in [0.1, 0.15) is 5.82 Å². The lowest BCUT2D eigenvalue weighted by Crippen LogP contribution is -2.26. The van der Waals surface area contributed by atoms with E-state index in [0.717, 1.165) is 34.6 Å². The number of aliphatic imine (C=N–C) groups is 1. The number of likely N-dealkylation sites (N-methyl/N-ethyl adjacent to an activating group) is 1. The number of rotatable bonds is 7. The van der Waals surface area contributed by atoms with Gasteiger partial charge in [0.2, 0.25) is 0 Å². The summed E-state index contributed by atoms with van der Waals surface area (Å²) in [4.78, 5) is 21.2. The summed E-state index contributed by atoms with van der Waals surface area (Å²) in [5.41, 5.74) is 5.09. The first-order chi connectivity index (χ1) is 12.7. The fourth-order valence-electron chi connectivity index (χ4n) is 2.92. The molecule has 0 aliphatic heterocycles. The molecule has 0 fully saturated rings. The van der Waals surface area contributed by atoms with Crippen molar-refractivity contribution in [2.24, 2.45) is 4.99 Å². The first-order valence-corrected chi connectivity index (χ1v) is 9.09. The predicted molar refractivity (Wildman–Crippen MR) is 111 cm³/mol. The van der Waals surface area contributed by atoms with Crippen molar-refractivity contribution in [1.82, 2.24) is 4.90 Å². The van der Waals surface area contributed by atoms with Crippen molar-refractivity contribution < 1.29 is 9.18 Å². The van der Waals surface area contributed by atoms with E-state index in [1.165, 1.54) is 12.1 Å². The van der Waals surface area contributed by atoms with Gasteiger partial charge in [0.05, 0.1) is 18.6 Å². The van der Waals surface area contributed by atoms with Crippen molar-refractivity contribution in [1.29, 1.82) is 0 Å². The number of hydrogen-bond acceptors (Lipinski definition) is 3. The summed E-state index contributed by atoms with van der Waals surface area (Å²) in [6.07, 6.45) is 1.80. The van der Waals surface area contributed by atoms with Gasteiger partial charge >= 0.3 is 0 Å². The summed E-state index contributed by atoms with van der Waals surface area (Å²) in [7, 11) is 3.82. The highest BCUT2D eigenvalue weighted by atomic mass is 19.1. The van der Waals surface area contributed by atoms with E-state index in [-0.39, 0.29) is 18.1 Å². The number of anilines is 1. The number of nitrogens with zero attached hydrogens (tertiary/aromatic N) is 3. The number of carbonyl (C=O) groups is 1. The van der Waals surface area contributed by atoms with Crippen LogP contribution in [0.5, 0.6) is 0 Å². The van der Waals surface area contributed by atoms with Crippen LogP contribution in [0.3, 0.4) is 0 Å². The van der Waals surface area contributed by atoms with Crippen molar-refractivity contribution in [2.75, 3.05) is 32.1 Å². The van der Waals surface area contributed by atoms with Gasteiger partial charge in [-0.3, -0.25) is 4.79 Å². The highest BCUT2D eigenvalue weighted by Crippen LogP contribution is 2.25. The third kappa shape index (κ3) is 5.16. The lowest BCUT2D eigenvalue weighted by Gasteiger charge is -2.21.